The molecule has 0 saturated heterocycles. The number of hydrogen-bond donors (Lipinski definition) is 1. The van der Waals surface area contributed by atoms with Crippen LogP contribution < -0.4 is 5.32 Å². The Morgan fingerprint density at radius 2 is 1.85 bits per heavy atom. The first-order valence-corrected chi connectivity index (χ1v) is 13.3. The monoisotopic (exact) mass is 394 g/mol. The van der Waals surface area contributed by atoms with Gasteiger partial charge in [0, 0.05) is 18.8 Å². The van der Waals surface area contributed by atoms with E-state index in [0.717, 1.165) is 47.2 Å². The molecule has 0 bridgehead atoms. The van der Waals surface area contributed by atoms with E-state index in [-0.39, 0.29) is 6.10 Å². The highest BCUT2D eigenvalue weighted by Crippen LogP contribution is 2.66. The number of rotatable bonds is 9. The van der Waals surface area contributed by atoms with Gasteiger partial charge in [0.2, 0.25) is 0 Å². The highest BCUT2D eigenvalue weighted by atomic mass is 35.5. The second kappa shape index (κ2) is 7.90. The molecule has 2 aliphatic carbocycles. The molecule has 2 saturated carbocycles. The zero-order chi connectivity index (χ0) is 18.9. The minimum absolute atomic E-state index is 0.0415. The zero-order valence-corrected chi connectivity index (χ0v) is 18.8. The molecular weight excluding hydrogens is 360 g/mol. The number of aromatic nitrogens is 1. The molecule has 1 aromatic rings. The molecule has 4 atom stereocenters. The van der Waals surface area contributed by atoms with Crippen molar-refractivity contribution in [1.82, 2.24) is 10.3 Å². The molecule has 2 unspecified atom stereocenters. The number of halogens is 1. The lowest BCUT2D eigenvalue weighted by Crippen LogP contribution is -2.41. The average molecular weight is 395 g/mol. The van der Waals surface area contributed by atoms with E-state index < -0.39 is 8.32 Å². The smallest absolute Gasteiger partial charge is 0.0852 e. The van der Waals surface area contributed by atoms with Crippen molar-refractivity contribution >= 4 is 19.9 Å². The predicted octanol–water partition coefficient (Wildman–Crippen LogP) is 5.82. The minimum atomic E-state index is -1.73. The van der Waals surface area contributed by atoms with Crippen molar-refractivity contribution in [1.29, 1.82) is 0 Å². The molecule has 0 aliphatic heterocycles. The van der Waals surface area contributed by atoms with E-state index in [4.69, 9.17) is 16.0 Å². The van der Waals surface area contributed by atoms with Gasteiger partial charge in [0.1, 0.15) is 0 Å². The maximum atomic E-state index is 6.82. The Bertz CT molecular complexity index is 598. The van der Waals surface area contributed by atoms with Gasteiger partial charge in [0.15, 0.2) is 0 Å². The van der Waals surface area contributed by atoms with Crippen molar-refractivity contribution in [3.63, 3.8) is 0 Å². The molecule has 1 N–H and O–H groups in total. The summed E-state index contributed by atoms with van der Waals surface area (Å²) in [6, 6.07) is 7.87. The summed E-state index contributed by atoms with van der Waals surface area (Å²) in [6.45, 7) is 12.5. The molecule has 3 nitrogen and oxygen atoms in total. The molecule has 0 aromatic carbocycles. The molecule has 147 valence electrons. The van der Waals surface area contributed by atoms with Crippen molar-refractivity contribution < 1.29 is 4.43 Å². The van der Waals surface area contributed by atoms with Crippen molar-refractivity contribution in [2.24, 2.45) is 17.3 Å². The van der Waals surface area contributed by atoms with E-state index in [9.17, 15) is 0 Å². The van der Waals surface area contributed by atoms with Gasteiger partial charge in [-0.3, -0.25) is 4.98 Å². The lowest BCUT2D eigenvalue weighted by Gasteiger charge is -2.45. The molecule has 2 aliphatic rings. The fourth-order valence-electron chi connectivity index (χ4n) is 5.07. The summed E-state index contributed by atoms with van der Waals surface area (Å²) in [4.78, 5) is 4.58. The number of nitrogens with one attached hydrogen (secondary N) is 1. The highest BCUT2D eigenvalue weighted by Gasteiger charge is 2.61. The van der Waals surface area contributed by atoms with E-state index in [1.165, 1.54) is 12.8 Å². The Kier molecular flexibility index (Phi) is 6.17. The van der Waals surface area contributed by atoms with Gasteiger partial charge in [-0.15, -0.1) is 18.1 Å². The summed E-state index contributed by atoms with van der Waals surface area (Å²) in [7, 11) is -1.73. The van der Waals surface area contributed by atoms with E-state index in [2.05, 4.69) is 44.9 Å². The SMILES string of the molecule is CC[Si-](CC)(CC)OC(CNC1C[C@@H]2[C@H](C1)C2(C)C)c1ncccc1Cl. The normalized spacial score (nSPS) is 28.0. The maximum Gasteiger partial charge on any atom is 0.0852 e. The van der Waals surface area contributed by atoms with Crippen molar-refractivity contribution in [3.05, 3.63) is 29.0 Å². The van der Waals surface area contributed by atoms with Gasteiger partial charge < -0.3 is 9.74 Å². The summed E-state index contributed by atoms with van der Waals surface area (Å²) in [5, 5.41) is 4.52. The van der Waals surface area contributed by atoms with Crippen molar-refractivity contribution in [2.45, 2.75) is 77.7 Å². The molecule has 26 heavy (non-hydrogen) atoms. The second-order valence-electron chi connectivity index (χ2n) is 8.83. The van der Waals surface area contributed by atoms with Gasteiger partial charge in [0.05, 0.1) is 16.8 Å². The first kappa shape index (κ1) is 20.3. The van der Waals surface area contributed by atoms with Crippen LogP contribution in [0, 0.1) is 17.3 Å². The van der Waals surface area contributed by atoms with E-state index in [1.807, 2.05) is 18.3 Å². The fraction of sp³-hybridized carbons (Fsp3) is 0.762. The van der Waals surface area contributed by atoms with Gasteiger partial charge >= 0.3 is 0 Å². The quantitative estimate of drug-likeness (QED) is 0.535. The number of nitrogens with zero attached hydrogens (tertiary/aromatic N) is 1. The number of fused-ring (bicyclic) bond motifs is 1. The summed E-state index contributed by atoms with van der Waals surface area (Å²) < 4.78 is 6.82. The molecule has 2 fully saturated rings. The van der Waals surface area contributed by atoms with Crippen LogP contribution in [0.3, 0.4) is 0 Å². The Labute approximate surface area is 165 Å². The Balaban J connectivity index is 1.69. The molecule has 3 rings (SSSR count). The largest absolute Gasteiger partial charge is 0.557 e. The molecule has 1 aromatic heterocycles. The Morgan fingerprint density at radius 3 is 2.38 bits per heavy atom. The van der Waals surface area contributed by atoms with Crippen molar-refractivity contribution in [2.75, 3.05) is 6.54 Å². The predicted molar refractivity (Wildman–Crippen MR) is 112 cm³/mol. The summed E-state index contributed by atoms with van der Waals surface area (Å²) in [5.74, 6) is 1.82. The fourth-order valence-corrected chi connectivity index (χ4v) is 8.12. The Hall–Kier alpha value is -0.423. The lowest BCUT2D eigenvalue weighted by molar-refractivity contribution is 0.174. The third-order valence-corrected chi connectivity index (χ3v) is 12.3. The molecule has 0 amide bonds. The molecule has 1 heterocycles. The number of pyridine rings is 1. The van der Waals surface area contributed by atoms with Crippen LogP contribution in [0.2, 0.25) is 23.2 Å². The first-order chi connectivity index (χ1) is 12.4. The summed E-state index contributed by atoms with van der Waals surface area (Å²) >= 11 is 6.49. The van der Waals surface area contributed by atoms with Crippen LogP contribution >= 0.6 is 11.6 Å². The second-order valence-corrected chi connectivity index (χ2v) is 14.0. The average Bonchev–Trinajstić information content (AvgIpc) is 2.99. The summed E-state index contributed by atoms with van der Waals surface area (Å²) in [6.07, 6.45) is 4.40. The minimum Gasteiger partial charge on any atom is -0.557 e. The molecule has 0 spiro atoms. The highest BCUT2D eigenvalue weighted by molar-refractivity contribution is 6.73. The molecule has 0 radical (unpaired) electrons. The lowest BCUT2D eigenvalue weighted by atomic mass is 9.98. The van der Waals surface area contributed by atoms with E-state index in [1.54, 1.807) is 0 Å². The topological polar surface area (TPSA) is 34.1 Å². The maximum absolute atomic E-state index is 6.82. The Morgan fingerprint density at radius 1 is 1.23 bits per heavy atom. The molecule has 5 heteroatoms. The van der Waals surface area contributed by atoms with Crippen LogP contribution in [0.1, 0.15) is 59.3 Å². The van der Waals surface area contributed by atoms with Crippen LogP contribution in [0.5, 0.6) is 0 Å². The van der Waals surface area contributed by atoms with Crippen LogP contribution in [-0.4, -0.2) is 25.9 Å². The standard InChI is InChI=1S/C21H35ClN2OSi/c1-6-26(7-2,8-3)25-19(20-18(22)10-9-11-23-20)14-24-15-12-16-17(13-15)21(16,4)5/h9-11,15-17,19,24H,6-8,12-14H2,1-5H3/q-1/t15?,16-,17+,19?. The van der Waals surface area contributed by atoms with Crippen LogP contribution in [0.15, 0.2) is 18.3 Å². The van der Waals surface area contributed by atoms with Crippen LogP contribution in [-0.2, 0) is 4.43 Å². The van der Waals surface area contributed by atoms with Gasteiger partial charge in [-0.05, 0) is 50.5 Å². The van der Waals surface area contributed by atoms with E-state index >= 15 is 0 Å². The zero-order valence-electron chi connectivity index (χ0n) is 17.0. The van der Waals surface area contributed by atoms with Gasteiger partial charge in [-0.1, -0.05) is 46.2 Å². The first-order valence-electron chi connectivity index (χ1n) is 10.4. The number of hydrogen-bond acceptors (Lipinski definition) is 3. The van der Waals surface area contributed by atoms with Gasteiger partial charge in [-0.2, -0.15) is 0 Å². The van der Waals surface area contributed by atoms with Gasteiger partial charge in [0.25, 0.3) is 0 Å². The molecular formula is C21H35ClN2OSi-. The van der Waals surface area contributed by atoms with Gasteiger partial charge in [-0.25, -0.2) is 0 Å². The van der Waals surface area contributed by atoms with Crippen LogP contribution in [0.25, 0.3) is 0 Å². The summed E-state index contributed by atoms with van der Waals surface area (Å²) in [5.41, 5.74) is 1.48. The third kappa shape index (κ3) is 3.89. The van der Waals surface area contributed by atoms with E-state index in [0.29, 0.717) is 11.5 Å². The van der Waals surface area contributed by atoms with Crippen molar-refractivity contribution in [3.8, 4) is 0 Å². The van der Waals surface area contributed by atoms with Crippen LogP contribution in [0.4, 0.5) is 0 Å². The third-order valence-electron chi connectivity index (χ3n) is 7.37.